The number of nitrogens with one attached hydrogen (secondary N) is 1. The topological polar surface area (TPSA) is 127 Å². The smallest absolute Gasteiger partial charge is 0.163 e. The molecule has 3 atom stereocenters. The van der Waals surface area contributed by atoms with Crippen molar-refractivity contribution in [2.24, 2.45) is 0 Å². The number of nitrogens with zero attached hydrogens (tertiary/aromatic N) is 1. The number of pyridine rings is 1. The summed E-state index contributed by atoms with van der Waals surface area (Å²) in [7, 11) is 0.0673. The van der Waals surface area contributed by atoms with E-state index >= 15 is 0 Å². The number of aliphatic hydroxyl groups is 2. The van der Waals surface area contributed by atoms with Gasteiger partial charge in [-0.05, 0) is 89.6 Å². The maximum absolute atomic E-state index is 13.8. The van der Waals surface area contributed by atoms with E-state index in [1.165, 1.54) is 19.2 Å². The van der Waals surface area contributed by atoms with Gasteiger partial charge in [0.2, 0.25) is 0 Å². The molecule has 0 amide bonds. The highest BCUT2D eigenvalue weighted by Gasteiger charge is 2.43. The van der Waals surface area contributed by atoms with Crippen molar-refractivity contribution in [3.63, 3.8) is 0 Å². The number of ether oxygens (including phenoxy) is 3. The van der Waals surface area contributed by atoms with Gasteiger partial charge in [-0.1, -0.05) is 0 Å². The van der Waals surface area contributed by atoms with Gasteiger partial charge in [0.1, 0.15) is 29.8 Å². The maximum atomic E-state index is 13.8. The molecule has 3 aromatic rings. The zero-order chi connectivity index (χ0) is 32.7. The molecule has 11 heteroatoms. The third-order valence-corrected chi connectivity index (χ3v) is 10.1. The van der Waals surface area contributed by atoms with Crippen molar-refractivity contribution in [3.05, 3.63) is 71.2 Å². The number of aliphatic hydroxyl groups excluding tert-OH is 1. The summed E-state index contributed by atoms with van der Waals surface area (Å²) in [5.74, 6) is 0.777. The maximum Gasteiger partial charge on any atom is 0.163 e. The van der Waals surface area contributed by atoms with Gasteiger partial charge in [0, 0.05) is 36.0 Å². The lowest BCUT2D eigenvalue weighted by Crippen LogP contribution is -2.47. The average Bonchev–Trinajstić information content (AvgIpc) is 3.30. The van der Waals surface area contributed by atoms with E-state index in [4.69, 9.17) is 19.2 Å². The summed E-state index contributed by atoms with van der Waals surface area (Å²) in [5.41, 5.74) is -0.0252. The van der Waals surface area contributed by atoms with Crippen LogP contribution in [0.4, 0.5) is 4.39 Å². The van der Waals surface area contributed by atoms with Crippen molar-refractivity contribution in [2.45, 2.75) is 88.4 Å². The molecule has 1 saturated carbocycles. The number of benzene rings is 2. The third kappa shape index (κ3) is 7.06. The molecule has 0 spiro atoms. The Labute approximate surface area is 265 Å². The Kier molecular flexibility index (Phi) is 9.12. The van der Waals surface area contributed by atoms with Crippen molar-refractivity contribution in [1.82, 2.24) is 9.71 Å². The van der Waals surface area contributed by atoms with Crippen molar-refractivity contribution in [1.29, 1.82) is 0 Å². The van der Waals surface area contributed by atoms with Gasteiger partial charge in [0.15, 0.2) is 23.0 Å². The summed E-state index contributed by atoms with van der Waals surface area (Å²) in [6, 6.07) is 12.5. The lowest BCUT2D eigenvalue weighted by atomic mass is 9.88. The van der Waals surface area contributed by atoms with Crippen LogP contribution in [0.2, 0.25) is 0 Å². The van der Waals surface area contributed by atoms with Crippen LogP contribution in [0.1, 0.15) is 81.9 Å². The molecule has 1 aliphatic heterocycles. The van der Waals surface area contributed by atoms with Crippen LogP contribution in [-0.4, -0.2) is 55.9 Å². The molecule has 0 bridgehead atoms. The Morgan fingerprint density at radius 1 is 1.13 bits per heavy atom. The Hall–Kier alpha value is -3.38. The zero-order valence-electron chi connectivity index (χ0n) is 26.5. The van der Waals surface area contributed by atoms with Gasteiger partial charge in [0.05, 0.1) is 40.2 Å². The van der Waals surface area contributed by atoms with Crippen LogP contribution in [-0.2, 0) is 22.1 Å². The molecular formula is C34H41FN2O7S. The monoisotopic (exact) mass is 640 g/mol. The first-order valence-electron chi connectivity index (χ1n) is 15.0. The van der Waals surface area contributed by atoms with E-state index in [9.17, 15) is 23.6 Å². The van der Waals surface area contributed by atoms with Crippen molar-refractivity contribution >= 4 is 16.8 Å². The van der Waals surface area contributed by atoms with Crippen LogP contribution in [0.5, 0.6) is 17.2 Å². The van der Waals surface area contributed by atoms with Gasteiger partial charge < -0.3 is 24.4 Å². The van der Waals surface area contributed by atoms with Crippen molar-refractivity contribution < 1.29 is 37.8 Å². The number of rotatable bonds is 11. The second kappa shape index (κ2) is 12.4. The number of carbonyl (C=O) groups is 1. The summed E-state index contributed by atoms with van der Waals surface area (Å²) in [5, 5.41) is 21.3. The lowest BCUT2D eigenvalue weighted by Gasteiger charge is -2.32. The minimum absolute atomic E-state index is 0.00980. The minimum Gasteiger partial charge on any atom is -0.493 e. The molecule has 242 valence electrons. The number of hydrogen-bond acceptors (Lipinski definition) is 8. The largest absolute Gasteiger partial charge is 0.493 e. The molecule has 2 aliphatic rings. The molecule has 3 unspecified atom stereocenters. The molecule has 0 radical (unpaired) electrons. The van der Waals surface area contributed by atoms with E-state index in [1.54, 1.807) is 43.3 Å². The Bertz CT molecular complexity index is 1600. The zero-order valence-corrected chi connectivity index (χ0v) is 27.3. The van der Waals surface area contributed by atoms with Crippen LogP contribution in [0.3, 0.4) is 0 Å². The van der Waals surface area contributed by atoms with Gasteiger partial charge in [-0.2, -0.15) is 0 Å². The summed E-state index contributed by atoms with van der Waals surface area (Å²) in [4.78, 5) is 18.1. The highest BCUT2D eigenvalue weighted by Crippen LogP contribution is 2.45. The first-order valence-corrected chi connectivity index (χ1v) is 16.2. The fourth-order valence-electron chi connectivity index (χ4n) is 5.29. The first kappa shape index (κ1) is 33.0. The molecule has 9 nitrogen and oxygen atoms in total. The summed E-state index contributed by atoms with van der Waals surface area (Å²) < 4.78 is 47.1. The van der Waals surface area contributed by atoms with E-state index in [0.29, 0.717) is 58.2 Å². The fourth-order valence-corrected chi connectivity index (χ4v) is 6.17. The number of methoxy groups -OCH3 is 1. The number of halogens is 1. The van der Waals surface area contributed by atoms with Gasteiger partial charge >= 0.3 is 0 Å². The molecule has 1 aromatic heterocycles. The van der Waals surface area contributed by atoms with Crippen LogP contribution in [0.15, 0.2) is 48.5 Å². The Morgan fingerprint density at radius 3 is 2.44 bits per heavy atom. The molecule has 5 rings (SSSR count). The second-order valence-electron chi connectivity index (χ2n) is 13.3. The van der Waals surface area contributed by atoms with Crippen LogP contribution in [0, 0.1) is 5.82 Å². The van der Waals surface area contributed by atoms with Crippen LogP contribution in [0.25, 0.3) is 11.3 Å². The normalized spacial score (nSPS) is 22.9. The van der Waals surface area contributed by atoms with Gasteiger partial charge in [-0.25, -0.2) is 18.3 Å². The van der Waals surface area contributed by atoms with E-state index in [1.807, 2.05) is 27.7 Å². The number of Topliss-reactive ketones (excluding diaryl/α,β-unsaturated/α-hetero) is 1. The number of fused-ring (bicyclic) bond motifs is 1. The summed E-state index contributed by atoms with van der Waals surface area (Å²) in [6.07, 6.45) is 0.714. The van der Waals surface area contributed by atoms with Gasteiger partial charge in [-0.3, -0.25) is 4.79 Å². The molecular weight excluding hydrogens is 599 g/mol. The van der Waals surface area contributed by atoms with Crippen molar-refractivity contribution in [3.8, 4) is 28.5 Å². The predicted molar refractivity (Wildman–Crippen MR) is 169 cm³/mol. The SMILES string of the molecule is COc1cc(C(=O)CCC(C)(O)c2cc3c(c(-c4ccc(F)cc4)n2)OCC3(C)NS(=O)C(C)(C)C)ccc1OC1CC(O)C1. The highest BCUT2D eigenvalue weighted by molar-refractivity contribution is 7.84. The third-order valence-electron chi connectivity index (χ3n) is 8.30. The van der Waals surface area contributed by atoms with Gasteiger partial charge in [0.25, 0.3) is 0 Å². The molecule has 3 N–H and O–H groups in total. The highest BCUT2D eigenvalue weighted by atomic mass is 32.2. The summed E-state index contributed by atoms with van der Waals surface area (Å²) in [6.45, 7) is 9.27. The quantitative estimate of drug-likeness (QED) is 0.240. The van der Waals surface area contributed by atoms with E-state index in [2.05, 4.69) is 4.72 Å². The Morgan fingerprint density at radius 2 is 1.82 bits per heavy atom. The minimum atomic E-state index is -1.54. The lowest BCUT2D eigenvalue weighted by molar-refractivity contribution is -0.0118. The number of carbonyl (C=O) groups excluding carboxylic acids is 1. The molecule has 2 heterocycles. The van der Waals surface area contributed by atoms with Crippen LogP contribution < -0.4 is 18.9 Å². The Balaban J connectivity index is 1.42. The number of hydrogen-bond donors (Lipinski definition) is 3. The molecule has 1 fully saturated rings. The predicted octanol–water partition coefficient (Wildman–Crippen LogP) is 5.33. The molecule has 2 aromatic carbocycles. The molecule has 0 saturated heterocycles. The average molecular weight is 641 g/mol. The fraction of sp³-hybridized carbons (Fsp3) is 0.471. The summed E-state index contributed by atoms with van der Waals surface area (Å²) >= 11 is 0. The second-order valence-corrected chi connectivity index (χ2v) is 15.2. The van der Waals surface area contributed by atoms with E-state index in [-0.39, 0.29) is 37.4 Å². The number of ketones is 1. The standard InChI is InChI=1S/C34H41FN2O7S/c1-32(2,3)45(41)37-33(4)19-43-31-25(33)18-29(36-30(31)20-7-10-22(35)11-8-20)34(5,40)14-13-26(39)21-9-12-27(28(15-21)42-6)44-24-16-23(38)17-24/h7-12,15,18,23-24,37-38,40H,13-14,16-17,19H2,1-6H3. The van der Waals surface area contributed by atoms with Crippen LogP contribution >= 0.6 is 0 Å². The first-order chi connectivity index (χ1) is 21.1. The van der Waals surface area contributed by atoms with E-state index in [0.717, 1.165) is 0 Å². The van der Waals surface area contributed by atoms with Crippen molar-refractivity contribution in [2.75, 3.05) is 13.7 Å². The molecule has 1 aliphatic carbocycles. The molecule has 45 heavy (non-hydrogen) atoms. The van der Waals surface area contributed by atoms with E-state index < -0.39 is 32.7 Å². The number of aromatic nitrogens is 1. The van der Waals surface area contributed by atoms with Gasteiger partial charge in [-0.15, -0.1) is 0 Å².